The zero-order valence-corrected chi connectivity index (χ0v) is 13.9. The fourth-order valence-electron chi connectivity index (χ4n) is 2.74. The first-order chi connectivity index (χ1) is 11.9. The standard InChI is InChI=1S/C22H24N2/c1-3-8-19(9-4-1)15-23-17-21-12-7-13-22(14-21)18-24-16-20-10-5-2-6-11-20/h1-14,23-24H,15-18H2. The van der Waals surface area contributed by atoms with Crippen molar-refractivity contribution in [3.63, 3.8) is 0 Å². The Bertz CT molecular complexity index is 662. The Morgan fingerprint density at radius 3 is 1.25 bits per heavy atom. The Labute approximate surface area is 144 Å². The molecule has 0 heterocycles. The van der Waals surface area contributed by atoms with Gasteiger partial charge >= 0.3 is 0 Å². The van der Waals surface area contributed by atoms with Crippen molar-refractivity contribution < 1.29 is 0 Å². The molecule has 0 aliphatic rings. The van der Waals surface area contributed by atoms with Crippen molar-refractivity contribution in [3.05, 3.63) is 107 Å². The molecule has 0 radical (unpaired) electrons. The Morgan fingerprint density at radius 1 is 0.417 bits per heavy atom. The largest absolute Gasteiger partial charge is 0.309 e. The summed E-state index contributed by atoms with van der Waals surface area (Å²) in [7, 11) is 0. The first kappa shape index (κ1) is 16.4. The quantitative estimate of drug-likeness (QED) is 0.648. The second-order valence-corrected chi connectivity index (χ2v) is 6.00. The van der Waals surface area contributed by atoms with Crippen LogP contribution in [0.4, 0.5) is 0 Å². The van der Waals surface area contributed by atoms with Gasteiger partial charge in [-0.25, -0.2) is 0 Å². The molecule has 0 atom stereocenters. The van der Waals surface area contributed by atoms with Crippen molar-refractivity contribution in [2.75, 3.05) is 0 Å². The Morgan fingerprint density at radius 2 is 0.792 bits per heavy atom. The SMILES string of the molecule is c1ccc(CNCc2cccc(CNCc3ccccc3)c2)cc1. The minimum absolute atomic E-state index is 0.890. The van der Waals surface area contributed by atoms with Gasteiger partial charge in [0.2, 0.25) is 0 Å². The maximum atomic E-state index is 3.51. The fourth-order valence-corrected chi connectivity index (χ4v) is 2.74. The van der Waals surface area contributed by atoms with Crippen LogP contribution in [0.2, 0.25) is 0 Å². The third kappa shape index (κ3) is 5.34. The summed E-state index contributed by atoms with van der Waals surface area (Å²) < 4.78 is 0. The van der Waals surface area contributed by atoms with E-state index in [1.165, 1.54) is 22.3 Å². The number of rotatable bonds is 8. The molecular formula is C22H24N2. The number of nitrogens with one attached hydrogen (secondary N) is 2. The van der Waals surface area contributed by atoms with Crippen molar-refractivity contribution >= 4 is 0 Å². The topological polar surface area (TPSA) is 24.1 Å². The lowest BCUT2D eigenvalue weighted by Crippen LogP contribution is -2.14. The molecule has 122 valence electrons. The van der Waals surface area contributed by atoms with E-state index in [2.05, 4.69) is 95.6 Å². The van der Waals surface area contributed by atoms with Gasteiger partial charge in [0.1, 0.15) is 0 Å². The third-order valence-corrected chi connectivity index (χ3v) is 3.99. The molecule has 0 aliphatic carbocycles. The highest BCUT2D eigenvalue weighted by Crippen LogP contribution is 2.07. The van der Waals surface area contributed by atoms with Crippen LogP contribution in [-0.4, -0.2) is 0 Å². The minimum atomic E-state index is 0.890. The summed E-state index contributed by atoms with van der Waals surface area (Å²) >= 11 is 0. The molecule has 3 aromatic rings. The molecule has 3 aromatic carbocycles. The molecule has 3 rings (SSSR count). The zero-order valence-electron chi connectivity index (χ0n) is 13.9. The predicted molar refractivity (Wildman–Crippen MR) is 100 cm³/mol. The molecule has 24 heavy (non-hydrogen) atoms. The lowest BCUT2D eigenvalue weighted by Gasteiger charge is -2.09. The minimum Gasteiger partial charge on any atom is -0.309 e. The summed E-state index contributed by atoms with van der Waals surface area (Å²) in [5.74, 6) is 0. The van der Waals surface area contributed by atoms with Crippen LogP contribution in [0.3, 0.4) is 0 Å². The van der Waals surface area contributed by atoms with E-state index < -0.39 is 0 Å². The van der Waals surface area contributed by atoms with Gasteiger partial charge < -0.3 is 10.6 Å². The Kier molecular flexibility index (Phi) is 6.18. The lowest BCUT2D eigenvalue weighted by molar-refractivity contribution is 0.681. The Hall–Kier alpha value is -2.42. The van der Waals surface area contributed by atoms with Crippen molar-refractivity contribution in [3.8, 4) is 0 Å². The average Bonchev–Trinajstić information content (AvgIpc) is 2.64. The highest BCUT2D eigenvalue weighted by Gasteiger charge is 1.98. The third-order valence-electron chi connectivity index (χ3n) is 3.99. The zero-order chi connectivity index (χ0) is 16.5. The second-order valence-electron chi connectivity index (χ2n) is 6.00. The van der Waals surface area contributed by atoms with Crippen LogP contribution in [0.1, 0.15) is 22.3 Å². The van der Waals surface area contributed by atoms with Crippen LogP contribution in [0.5, 0.6) is 0 Å². The maximum absolute atomic E-state index is 3.51. The summed E-state index contributed by atoms with van der Waals surface area (Å²) in [6.45, 7) is 3.58. The van der Waals surface area contributed by atoms with E-state index in [1.807, 2.05) is 0 Å². The van der Waals surface area contributed by atoms with E-state index in [-0.39, 0.29) is 0 Å². The number of hydrogen-bond acceptors (Lipinski definition) is 2. The molecule has 0 amide bonds. The molecular weight excluding hydrogens is 292 g/mol. The van der Waals surface area contributed by atoms with Crippen LogP contribution in [-0.2, 0) is 26.2 Å². The molecule has 2 N–H and O–H groups in total. The highest BCUT2D eigenvalue weighted by atomic mass is 14.9. The van der Waals surface area contributed by atoms with Crippen LogP contribution in [0, 0.1) is 0 Å². The monoisotopic (exact) mass is 316 g/mol. The van der Waals surface area contributed by atoms with Crippen molar-refractivity contribution in [2.45, 2.75) is 26.2 Å². The van der Waals surface area contributed by atoms with Gasteiger partial charge in [-0.15, -0.1) is 0 Å². The number of benzene rings is 3. The summed E-state index contributed by atoms with van der Waals surface area (Å²) in [5.41, 5.74) is 5.28. The van der Waals surface area contributed by atoms with E-state index in [0.717, 1.165) is 26.2 Å². The molecule has 0 saturated carbocycles. The van der Waals surface area contributed by atoms with E-state index in [9.17, 15) is 0 Å². The van der Waals surface area contributed by atoms with Crippen molar-refractivity contribution in [1.29, 1.82) is 0 Å². The maximum Gasteiger partial charge on any atom is 0.0208 e. The molecule has 2 heteroatoms. The first-order valence-electron chi connectivity index (χ1n) is 8.47. The van der Waals surface area contributed by atoms with Crippen LogP contribution in [0.15, 0.2) is 84.9 Å². The van der Waals surface area contributed by atoms with Crippen LogP contribution >= 0.6 is 0 Å². The van der Waals surface area contributed by atoms with Crippen LogP contribution in [0.25, 0.3) is 0 Å². The summed E-state index contributed by atoms with van der Waals surface area (Å²) in [4.78, 5) is 0. The summed E-state index contributed by atoms with van der Waals surface area (Å²) in [5, 5.41) is 7.01. The smallest absolute Gasteiger partial charge is 0.0208 e. The van der Waals surface area contributed by atoms with Crippen molar-refractivity contribution in [2.24, 2.45) is 0 Å². The van der Waals surface area contributed by atoms with Gasteiger partial charge in [0, 0.05) is 26.2 Å². The summed E-state index contributed by atoms with van der Waals surface area (Å²) in [6, 6.07) is 29.8. The molecule has 2 nitrogen and oxygen atoms in total. The van der Waals surface area contributed by atoms with Gasteiger partial charge in [-0.3, -0.25) is 0 Å². The second kappa shape index (κ2) is 9.02. The molecule has 0 fully saturated rings. The number of hydrogen-bond donors (Lipinski definition) is 2. The van der Waals surface area contributed by atoms with Crippen LogP contribution < -0.4 is 10.6 Å². The molecule has 0 aliphatic heterocycles. The van der Waals surface area contributed by atoms with Gasteiger partial charge in [0.05, 0.1) is 0 Å². The van der Waals surface area contributed by atoms with E-state index in [1.54, 1.807) is 0 Å². The van der Waals surface area contributed by atoms with Gasteiger partial charge in [-0.2, -0.15) is 0 Å². The molecule has 0 saturated heterocycles. The Balaban J connectivity index is 1.45. The van der Waals surface area contributed by atoms with Gasteiger partial charge in [0.25, 0.3) is 0 Å². The molecule has 0 unspecified atom stereocenters. The average molecular weight is 316 g/mol. The highest BCUT2D eigenvalue weighted by molar-refractivity contribution is 5.24. The van der Waals surface area contributed by atoms with Gasteiger partial charge in [0.15, 0.2) is 0 Å². The van der Waals surface area contributed by atoms with E-state index >= 15 is 0 Å². The first-order valence-corrected chi connectivity index (χ1v) is 8.47. The fraction of sp³-hybridized carbons (Fsp3) is 0.182. The lowest BCUT2D eigenvalue weighted by atomic mass is 10.1. The van der Waals surface area contributed by atoms with Gasteiger partial charge in [-0.1, -0.05) is 84.9 Å². The van der Waals surface area contributed by atoms with Gasteiger partial charge in [-0.05, 0) is 22.3 Å². The van der Waals surface area contributed by atoms with E-state index in [0.29, 0.717) is 0 Å². The van der Waals surface area contributed by atoms with E-state index in [4.69, 9.17) is 0 Å². The van der Waals surface area contributed by atoms with Crippen molar-refractivity contribution in [1.82, 2.24) is 10.6 Å². The predicted octanol–water partition coefficient (Wildman–Crippen LogP) is 4.27. The molecule has 0 bridgehead atoms. The summed E-state index contributed by atoms with van der Waals surface area (Å²) in [6.07, 6.45) is 0. The normalized spacial score (nSPS) is 10.7. The molecule has 0 aromatic heterocycles. The molecule has 0 spiro atoms.